The van der Waals surface area contributed by atoms with Crippen LogP contribution in [0.25, 0.3) is 0 Å². The fraction of sp³-hybridized carbons (Fsp3) is 0.615. The Bertz CT molecular complexity index is 1050. The third-order valence-corrected chi connectivity index (χ3v) is 8.71. The number of β-amino-alcohol motifs (C(OH)–C–C–N with tert-alkyl or cyclic N) is 1. The molecule has 2 N–H and O–H groups in total. The first-order chi connectivity index (χ1) is 16.8. The maximum atomic E-state index is 13.8. The molecule has 9 heteroatoms. The molecule has 2 aliphatic heterocycles. The average molecular weight is 482 g/mol. The van der Waals surface area contributed by atoms with Crippen molar-refractivity contribution in [3.63, 3.8) is 0 Å². The van der Waals surface area contributed by atoms with Gasteiger partial charge >= 0.3 is 5.97 Å². The summed E-state index contributed by atoms with van der Waals surface area (Å²) in [6.07, 6.45) is 5.57. The van der Waals surface area contributed by atoms with E-state index in [1.807, 2.05) is 0 Å². The molecule has 3 amide bonds. The molecule has 2 atom stereocenters. The highest BCUT2D eigenvalue weighted by molar-refractivity contribution is 6.10. The molecule has 35 heavy (non-hydrogen) atoms. The number of rotatable bonds is 4. The Kier molecular flexibility index (Phi) is 5.36. The Balaban J connectivity index is 1.14. The topological polar surface area (TPSA) is 116 Å². The van der Waals surface area contributed by atoms with Crippen LogP contribution >= 0.6 is 0 Å². The lowest BCUT2D eigenvalue weighted by atomic mass is 9.49. The highest BCUT2D eigenvalue weighted by Gasteiger charge is 2.57. The number of para-hydroxylation sites is 2. The van der Waals surface area contributed by atoms with Crippen molar-refractivity contribution >= 4 is 35.1 Å². The lowest BCUT2D eigenvalue weighted by Crippen LogP contribution is -2.56. The van der Waals surface area contributed by atoms with E-state index < -0.39 is 36.0 Å². The molecule has 1 aromatic carbocycles. The molecular formula is C26H31N3O6. The summed E-state index contributed by atoms with van der Waals surface area (Å²) in [6.45, 7) is -0.577. The molecule has 6 aliphatic rings. The second kappa shape index (κ2) is 8.33. The van der Waals surface area contributed by atoms with E-state index in [1.54, 1.807) is 24.3 Å². The second-order valence-electron chi connectivity index (χ2n) is 11.2. The molecular weight excluding hydrogens is 450 g/mol. The van der Waals surface area contributed by atoms with Crippen molar-refractivity contribution in [2.24, 2.45) is 23.2 Å². The van der Waals surface area contributed by atoms with Gasteiger partial charge in [-0.15, -0.1) is 0 Å². The lowest BCUT2D eigenvalue weighted by Gasteiger charge is -2.56. The van der Waals surface area contributed by atoms with Gasteiger partial charge in [-0.2, -0.15) is 0 Å². The van der Waals surface area contributed by atoms with E-state index in [0.29, 0.717) is 29.1 Å². The van der Waals surface area contributed by atoms with Crippen molar-refractivity contribution in [3.05, 3.63) is 24.3 Å². The highest BCUT2D eigenvalue weighted by atomic mass is 16.5. The van der Waals surface area contributed by atoms with Gasteiger partial charge in [-0.1, -0.05) is 12.1 Å². The molecule has 2 heterocycles. The lowest BCUT2D eigenvalue weighted by molar-refractivity contribution is -0.166. The van der Waals surface area contributed by atoms with Crippen molar-refractivity contribution in [2.45, 2.75) is 57.1 Å². The van der Waals surface area contributed by atoms with Crippen LogP contribution in [0, 0.1) is 23.2 Å². The molecule has 7 rings (SSSR count). The zero-order valence-electron chi connectivity index (χ0n) is 19.7. The van der Waals surface area contributed by atoms with E-state index in [1.165, 1.54) is 29.1 Å². The third-order valence-electron chi connectivity index (χ3n) is 8.71. The summed E-state index contributed by atoms with van der Waals surface area (Å²) in [6, 6.07) is 6.04. The number of aliphatic hydroxyl groups is 1. The van der Waals surface area contributed by atoms with Gasteiger partial charge in [0.05, 0.1) is 22.9 Å². The number of aliphatic hydroxyl groups excluding tert-OH is 1. The van der Waals surface area contributed by atoms with E-state index in [9.17, 15) is 24.3 Å². The van der Waals surface area contributed by atoms with Gasteiger partial charge in [0.1, 0.15) is 12.6 Å². The van der Waals surface area contributed by atoms with Crippen LogP contribution in [0.1, 0.15) is 44.9 Å². The van der Waals surface area contributed by atoms with E-state index in [4.69, 9.17) is 4.74 Å². The second-order valence-corrected chi connectivity index (χ2v) is 11.2. The Hall–Kier alpha value is -2.94. The molecule has 4 bridgehead atoms. The summed E-state index contributed by atoms with van der Waals surface area (Å²) in [5.41, 5.74) is 0.649. The number of carbonyl (C=O) groups is 4. The minimum Gasteiger partial charge on any atom is -0.454 e. The van der Waals surface area contributed by atoms with Gasteiger partial charge in [-0.25, -0.2) is 4.79 Å². The van der Waals surface area contributed by atoms with Gasteiger partial charge < -0.3 is 20.1 Å². The number of nitrogens with one attached hydrogen (secondary N) is 1. The van der Waals surface area contributed by atoms with Gasteiger partial charge in [-0.3, -0.25) is 19.3 Å². The largest absolute Gasteiger partial charge is 0.454 e. The van der Waals surface area contributed by atoms with Crippen LogP contribution in [0.15, 0.2) is 24.3 Å². The summed E-state index contributed by atoms with van der Waals surface area (Å²) in [7, 11) is 0. The number of hydrogen-bond donors (Lipinski definition) is 2. The number of fused-ring (bicyclic) bond motifs is 1. The van der Waals surface area contributed by atoms with Crippen LogP contribution in [0.5, 0.6) is 0 Å². The quantitative estimate of drug-likeness (QED) is 0.633. The highest BCUT2D eigenvalue weighted by Crippen LogP contribution is 2.60. The third kappa shape index (κ3) is 3.90. The van der Waals surface area contributed by atoms with Crippen molar-refractivity contribution in [3.8, 4) is 0 Å². The van der Waals surface area contributed by atoms with Crippen molar-refractivity contribution in [1.29, 1.82) is 0 Å². The molecule has 4 saturated carbocycles. The van der Waals surface area contributed by atoms with Crippen LogP contribution in [0.3, 0.4) is 0 Å². The number of hydrogen-bond acceptors (Lipinski definition) is 6. The number of benzene rings is 1. The number of carbonyl (C=O) groups excluding carboxylic acids is 4. The first-order valence-electron chi connectivity index (χ1n) is 12.7. The van der Waals surface area contributed by atoms with Crippen molar-refractivity contribution in [2.75, 3.05) is 29.9 Å². The van der Waals surface area contributed by atoms with Crippen molar-refractivity contribution in [1.82, 2.24) is 4.90 Å². The number of amides is 3. The molecule has 1 unspecified atom stereocenters. The summed E-state index contributed by atoms with van der Waals surface area (Å²) in [5, 5.41) is 13.1. The van der Waals surface area contributed by atoms with Gasteiger partial charge in [0.25, 0.3) is 5.91 Å². The molecule has 1 saturated heterocycles. The van der Waals surface area contributed by atoms with Crippen LogP contribution < -0.4 is 10.2 Å². The summed E-state index contributed by atoms with van der Waals surface area (Å²) in [4.78, 5) is 54.6. The van der Waals surface area contributed by atoms with E-state index >= 15 is 0 Å². The number of nitrogens with zero attached hydrogens (tertiary/aromatic N) is 2. The zero-order valence-corrected chi connectivity index (χ0v) is 19.7. The predicted octanol–water partition coefficient (Wildman–Crippen LogP) is 1.69. The Labute approximate surface area is 203 Å². The van der Waals surface area contributed by atoms with Gasteiger partial charge in [0.15, 0.2) is 6.61 Å². The van der Waals surface area contributed by atoms with Crippen LogP contribution in [-0.4, -0.2) is 65.5 Å². The molecule has 0 aromatic heterocycles. The molecule has 9 nitrogen and oxygen atoms in total. The summed E-state index contributed by atoms with van der Waals surface area (Å²) >= 11 is 0. The number of esters is 1. The van der Waals surface area contributed by atoms with E-state index in [2.05, 4.69) is 5.32 Å². The fourth-order valence-corrected chi connectivity index (χ4v) is 7.70. The van der Waals surface area contributed by atoms with Crippen LogP contribution in [-0.2, 0) is 23.9 Å². The maximum absolute atomic E-state index is 13.8. The first-order valence-corrected chi connectivity index (χ1v) is 12.7. The zero-order chi connectivity index (χ0) is 24.3. The number of anilines is 2. The maximum Gasteiger partial charge on any atom is 0.329 e. The fourth-order valence-electron chi connectivity index (χ4n) is 7.70. The van der Waals surface area contributed by atoms with Crippen LogP contribution in [0.2, 0.25) is 0 Å². The molecule has 1 aromatic rings. The minimum atomic E-state index is -0.893. The average Bonchev–Trinajstić information content (AvgIpc) is 3.22. The smallest absolute Gasteiger partial charge is 0.329 e. The summed E-state index contributed by atoms with van der Waals surface area (Å²) < 4.78 is 5.37. The van der Waals surface area contributed by atoms with Gasteiger partial charge in [-0.05, 0) is 68.4 Å². The van der Waals surface area contributed by atoms with E-state index in [0.717, 1.165) is 19.3 Å². The van der Waals surface area contributed by atoms with Gasteiger partial charge in [0, 0.05) is 13.0 Å². The SMILES string of the molecule is O=C1CN(C(=O)COC(=O)[C@@H]2CC(O)CN2C(=O)C23CC4CC(CC(C4)C2)C3)c2ccccc2N1. The molecule has 0 spiro atoms. The predicted molar refractivity (Wildman–Crippen MR) is 125 cm³/mol. The van der Waals surface area contributed by atoms with E-state index in [-0.39, 0.29) is 31.3 Å². The molecule has 5 fully saturated rings. The standard InChI is InChI=1S/C26H31N3O6/c30-18-8-21(29(12-18)25(34)26-9-15-5-16(10-26)7-17(6-15)11-26)24(33)35-14-23(32)28-13-22(31)27-19-3-1-2-4-20(19)28/h1-4,15-18,21,30H,5-14H2,(H,27,31)/t15?,16?,17?,18?,21-,26?/m0/s1. The van der Waals surface area contributed by atoms with Gasteiger partial charge in [0.2, 0.25) is 11.8 Å². The van der Waals surface area contributed by atoms with Crippen LogP contribution in [0.4, 0.5) is 11.4 Å². The summed E-state index contributed by atoms with van der Waals surface area (Å²) in [5.74, 6) is 0.222. The first kappa shape index (κ1) is 22.5. The minimum absolute atomic E-state index is 0.0249. The molecule has 4 aliphatic carbocycles. The Morgan fingerprint density at radius 1 is 1.03 bits per heavy atom. The number of likely N-dealkylation sites (tertiary alicyclic amines) is 1. The number of ether oxygens (including phenoxy) is 1. The van der Waals surface area contributed by atoms with Crippen molar-refractivity contribution < 1.29 is 29.0 Å². The normalized spacial score (nSPS) is 35.0. The Morgan fingerprint density at radius 3 is 2.37 bits per heavy atom. The Morgan fingerprint density at radius 2 is 1.69 bits per heavy atom. The molecule has 186 valence electrons. The monoisotopic (exact) mass is 481 g/mol. The molecule has 0 radical (unpaired) electrons.